The second-order valence-corrected chi connectivity index (χ2v) is 24.9. The van der Waals surface area contributed by atoms with Gasteiger partial charge in [-0.15, -0.1) is 0 Å². The Bertz CT molecular complexity index is 2530. The van der Waals surface area contributed by atoms with Crippen LogP contribution in [-0.4, -0.2) is 136 Å². The lowest BCUT2D eigenvalue weighted by Crippen LogP contribution is -2.57. The van der Waals surface area contributed by atoms with Crippen molar-refractivity contribution in [3.05, 3.63) is 35.9 Å². The summed E-state index contributed by atoms with van der Waals surface area (Å²) in [4.78, 5) is 167. The number of esters is 1. The maximum atomic E-state index is 14.5. The monoisotopic (exact) mass is 1220 g/mol. The van der Waals surface area contributed by atoms with Crippen molar-refractivity contribution in [1.29, 1.82) is 0 Å². The number of ether oxygens (including phenoxy) is 1. The molecule has 22 nitrogen and oxygen atoms in total. The molecule has 1 spiro atoms. The SMILES string of the molecule is CCCCC1CC12NC(=O)[C@H](C)CC(=O)[C@H](NC(=O)[C@H](CO)CC(=O)[C@@H](NC(=O)[C@H](CC(=O)[C@@H](CCC(N)=O)NC(=O)[C@H](CO)CC(=O)[C@@H](NC(=O)[C@H](CC)Cc1ccccc1)[C@@H](C)CC)[C@@H](C)CC)[C@@H](C)CC)[C@H](C)OC(=O)[C@H]([C@@H](C)CC)NC2=O. The number of primary amides is 1. The summed E-state index contributed by atoms with van der Waals surface area (Å²) in [5.74, 6) is -15.7. The van der Waals surface area contributed by atoms with Crippen molar-refractivity contribution in [1.82, 2.24) is 31.9 Å². The number of rotatable bonds is 36. The van der Waals surface area contributed by atoms with Crippen LogP contribution >= 0.6 is 0 Å². The average molecular weight is 1220 g/mol. The molecule has 7 amide bonds. The Morgan fingerprint density at radius 1 is 0.690 bits per heavy atom. The molecule has 22 heteroatoms. The highest BCUT2D eigenvalue weighted by Gasteiger charge is 2.61. The van der Waals surface area contributed by atoms with Crippen LogP contribution in [0.5, 0.6) is 0 Å². The summed E-state index contributed by atoms with van der Waals surface area (Å²) in [5.41, 5.74) is 5.17. The topological polar surface area (TPSA) is 353 Å². The van der Waals surface area contributed by atoms with Gasteiger partial charge in [-0.3, -0.25) is 52.7 Å². The second-order valence-electron chi connectivity index (χ2n) is 24.9. The van der Waals surface area contributed by atoms with E-state index in [1.165, 1.54) is 13.8 Å². The lowest BCUT2D eigenvalue weighted by atomic mass is 9.83. The fraction of sp³-hybridized carbons (Fsp3) is 0.723. The Labute approximate surface area is 514 Å². The summed E-state index contributed by atoms with van der Waals surface area (Å²) in [5, 5.41) is 37.8. The first-order chi connectivity index (χ1) is 41.1. The van der Waals surface area contributed by atoms with Crippen molar-refractivity contribution >= 4 is 70.5 Å². The van der Waals surface area contributed by atoms with Gasteiger partial charge in [-0.25, -0.2) is 4.79 Å². The van der Waals surface area contributed by atoms with E-state index in [9.17, 15) is 67.7 Å². The summed E-state index contributed by atoms with van der Waals surface area (Å²) in [6.45, 7) is 19.2. The number of ketones is 4. The van der Waals surface area contributed by atoms with E-state index in [0.29, 0.717) is 51.4 Å². The van der Waals surface area contributed by atoms with E-state index >= 15 is 0 Å². The van der Waals surface area contributed by atoms with Gasteiger partial charge in [0, 0.05) is 49.9 Å². The first-order valence-electron chi connectivity index (χ1n) is 31.8. The van der Waals surface area contributed by atoms with E-state index in [0.717, 1.165) is 18.4 Å². The summed E-state index contributed by atoms with van der Waals surface area (Å²) >= 11 is 0. The van der Waals surface area contributed by atoms with Gasteiger partial charge in [0.25, 0.3) is 0 Å². The smallest absolute Gasteiger partial charge is 0.329 e. The molecule has 1 saturated heterocycles. The Morgan fingerprint density at radius 3 is 1.76 bits per heavy atom. The van der Waals surface area contributed by atoms with Gasteiger partial charge in [0.1, 0.15) is 23.7 Å². The minimum atomic E-state index is -1.57. The number of cyclic esters (lactones) is 1. The quantitative estimate of drug-likeness (QED) is 0.0419. The standard InChI is InChI=1S/C65H103N7O15/c1-13-19-25-46-33-65(46)64(86)71-56(39(10)17-5)63(85)87-41(12)57(50(76)28-40(11)58(80)72-65)70-61(83)45(35-74)31-52(78)55(38(9)16-4)69-62(84)47(36(7)14-2)32-49(75)48(26-27-53(66)79)67-60(82)44(34-73)30-51(77)54(37(8)15-3)68-59(81)43(18-6)29-42-23-21-20-22-24-42/h20-24,36-41,43-48,54-57,73-74H,13-19,25-35H2,1-12H3,(H2,66,79)(H,67,82)(H,68,81)(H,69,84)(H,70,83)(H,71,86)(H,72,80)/t36-,37-,38-,39-,40+,41-,43+,44-,45-,46?,47+,48+,54-,55-,56-,57+,65?/m0/s1. The summed E-state index contributed by atoms with van der Waals surface area (Å²) in [6.07, 6.45) is 1.20. The molecular formula is C65H103N7O15. The van der Waals surface area contributed by atoms with E-state index in [4.69, 9.17) is 10.5 Å². The van der Waals surface area contributed by atoms with Gasteiger partial charge < -0.3 is 52.6 Å². The van der Waals surface area contributed by atoms with Crippen LogP contribution in [0.3, 0.4) is 0 Å². The highest BCUT2D eigenvalue weighted by atomic mass is 16.5. The van der Waals surface area contributed by atoms with E-state index in [1.54, 1.807) is 41.5 Å². The Hall–Kier alpha value is -6.42. The molecule has 17 atom stereocenters. The molecule has 2 unspecified atom stereocenters. The molecule has 488 valence electrons. The number of aliphatic hydroxyl groups excluding tert-OH is 2. The van der Waals surface area contributed by atoms with Gasteiger partial charge >= 0.3 is 5.97 Å². The highest BCUT2D eigenvalue weighted by Crippen LogP contribution is 2.47. The van der Waals surface area contributed by atoms with Crippen LogP contribution in [0.1, 0.15) is 185 Å². The normalized spacial score (nSPS) is 23.7. The van der Waals surface area contributed by atoms with Crippen LogP contribution < -0.4 is 37.6 Å². The van der Waals surface area contributed by atoms with Crippen molar-refractivity contribution in [2.24, 2.45) is 64.9 Å². The zero-order chi connectivity index (χ0) is 65.5. The lowest BCUT2D eigenvalue weighted by Gasteiger charge is -2.30. The zero-order valence-corrected chi connectivity index (χ0v) is 53.6. The number of nitrogens with two attached hydrogens (primary N) is 1. The number of aliphatic hydroxyl groups is 2. The number of carbonyl (C=O) groups is 12. The van der Waals surface area contributed by atoms with E-state index < -0.39 is 193 Å². The number of benzene rings is 1. The number of hydrogen-bond donors (Lipinski definition) is 9. The first-order valence-corrected chi connectivity index (χ1v) is 31.8. The fourth-order valence-corrected chi connectivity index (χ4v) is 11.2. The third-order valence-electron chi connectivity index (χ3n) is 18.3. The highest BCUT2D eigenvalue weighted by molar-refractivity contribution is 6.01. The van der Waals surface area contributed by atoms with E-state index in [-0.39, 0.29) is 30.6 Å². The van der Waals surface area contributed by atoms with Crippen molar-refractivity contribution in [2.45, 2.75) is 228 Å². The summed E-state index contributed by atoms with van der Waals surface area (Å²) in [6, 6.07) is 3.02. The van der Waals surface area contributed by atoms with Crippen LogP contribution in [-0.2, 0) is 68.7 Å². The molecule has 0 radical (unpaired) electrons. The van der Waals surface area contributed by atoms with Gasteiger partial charge in [0.15, 0.2) is 23.1 Å². The molecule has 10 N–H and O–H groups in total. The Kier molecular flexibility index (Phi) is 31.1. The number of nitrogens with one attached hydrogen (secondary N) is 6. The summed E-state index contributed by atoms with van der Waals surface area (Å²) < 4.78 is 5.84. The maximum absolute atomic E-state index is 14.5. The molecule has 0 aromatic heterocycles. The number of Topliss-reactive ketones (excluding diaryl/α,β-unsaturated/α-hetero) is 4. The van der Waals surface area contributed by atoms with Crippen LogP contribution in [0.15, 0.2) is 30.3 Å². The van der Waals surface area contributed by atoms with Gasteiger partial charge in [0.2, 0.25) is 41.4 Å². The van der Waals surface area contributed by atoms with Gasteiger partial charge in [-0.1, -0.05) is 145 Å². The number of amides is 7. The number of unbranched alkanes of at least 4 members (excludes halogenated alkanes) is 1. The first kappa shape index (κ1) is 74.8. The van der Waals surface area contributed by atoms with Crippen molar-refractivity contribution in [3.63, 3.8) is 0 Å². The third-order valence-corrected chi connectivity index (χ3v) is 18.3. The van der Waals surface area contributed by atoms with Gasteiger partial charge in [0.05, 0.1) is 43.2 Å². The predicted molar refractivity (Wildman–Crippen MR) is 326 cm³/mol. The molecule has 1 aromatic rings. The molecule has 0 bridgehead atoms. The molecule has 87 heavy (non-hydrogen) atoms. The fourth-order valence-electron chi connectivity index (χ4n) is 11.2. The Morgan fingerprint density at radius 2 is 1.24 bits per heavy atom. The van der Waals surface area contributed by atoms with Crippen molar-refractivity contribution in [3.8, 4) is 0 Å². The van der Waals surface area contributed by atoms with Crippen LogP contribution in [0.4, 0.5) is 0 Å². The molecule has 2 aliphatic rings. The molecule has 1 heterocycles. The largest absolute Gasteiger partial charge is 0.458 e. The number of hydrogen-bond acceptors (Lipinski definition) is 15. The van der Waals surface area contributed by atoms with E-state index in [1.807, 2.05) is 58.0 Å². The molecular weight excluding hydrogens is 1120 g/mol. The Balaban J connectivity index is 1.85. The van der Waals surface area contributed by atoms with E-state index in [2.05, 4.69) is 31.9 Å². The van der Waals surface area contributed by atoms with Crippen molar-refractivity contribution in [2.75, 3.05) is 13.2 Å². The summed E-state index contributed by atoms with van der Waals surface area (Å²) in [7, 11) is 0. The van der Waals surface area contributed by atoms with Crippen LogP contribution in [0.25, 0.3) is 0 Å². The molecule has 2 fully saturated rings. The minimum absolute atomic E-state index is 0.188. The van der Waals surface area contributed by atoms with Gasteiger partial charge in [-0.2, -0.15) is 0 Å². The second kappa shape index (κ2) is 36.2. The zero-order valence-electron chi connectivity index (χ0n) is 53.6. The minimum Gasteiger partial charge on any atom is -0.458 e. The number of carbonyl (C=O) groups excluding carboxylic acids is 12. The lowest BCUT2D eigenvalue weighted by molar-refractivity contribution is -0.157. The third kappa shape index (κ3) is 21.7. The van der Waals surface area contributed by atoms with Crippen LogP contribution in [0.2, 0.25) is 0 Å². The molecule has 1 aromatic carbocycles. The molecule has 1 saturated carbocycles. The van der Waals surface area contributed by atoms with Gasteiger partial charge in [-0.05, 0) is 74.2 Å². The molecule has 1 aliphatic carbocycles. The average Bonchev–Trinajstić information content (AvgIpc) is 1.61. The van der Waals surface area contributed by atoms with Crippen molar-refractivity contribution < 1.29 is 72.5 Å². The molecule has 3 rings (SSSR count). The maximum Gasteiger partial charge on any atom is 0.329 e. The molecule has 1 aliphatic heterocycles. The predicted octanol–water partition coefficient (Wildman–Crippen LogP) is 4.45. The van der Waals surface area contributed by atoms with Crippen LogP contribution in [0, 0.1) is 59.2 Å².